The Labute approximate surface area is 159 Å². The van der Waals surface area contributed by atoms with Crippen LogP contribution in [0.3, 0.4) is 0 Å². The van der Waals surface area contributed by atoms with E-state index < -0.39 is 60.5 Å². The van der Waals surface area contributed by atoms with Crippen molar-refractivity contribution in [3.63, 3.8) is 0 Å². The summed E-state index contributed by atoms with van der Waals surface area (Å²) >= 11 is 0. The first kappa shape index (κ1) is 22.5. The summed E-state index contributed by atoms with van der Waals surface area (Å²) < 4.78 is 11.2. The molecule has 0 spiro atoms. The molecule has 0 aromatic rings. The zero-order chi connectivity index (χ0) is 20.6. The van der Waals surface area contributed by atoms with Gasteiger partial charge in [-0.2, -0.15) is 0 Å². The summed E-state index contributed by atoms with van der Waals surface area (Å²) in [6, 6.07) is 0. The lowest BCUT2D eigenvalue weighted by molar-refractivity contribution is -0.316. The first-order chi connectivity index (χ1) is 12.4. The Morgan fingerprint density at radius 3 is 2.33 bits per heavy atom. The van der Waals surface area contributed by atoms with Crippen LogP contribution in [-0.2, 0) is 9.47 Å². The quantitative estimate of drug-likeness (QED) is 0.344. The molecule has 8 heteroatoms. The van der Waals surface area contributed by atoms with Crippen molar-refractivity contribution in [2.45, 2.75) is 89.1 Å². The highest BCUT2D eigenvalue weighted by atomic mass is 16.7. The van der Waals surface area contributed by atoms with E-state index in [9.17, 15) is 30.6 Å². The van der Waals surface area contributed by atoms with E-state index in [2.05, 4.69) is 5.73 Å². The van der Waals surface area contributed by atoms with Crippen LogP contribution >= 0.6 is 0 Å². The summed E-state index contributed by atoms with van der Waals surface area (Å²) in [7, 11) is 0. The van der Waals surface area contributed by atoms with Gasteiger partial charge in [0, 0.05) is 12.0 Å². The molecule has 8 atom stereocenters. The Hall–Kier alpha value is -0.800. The number of hydrogen-bond donors (Lipinski definition) is 6. The van der Waals surface area contributed by atoms with E-state index in [1.54, 1.807) is 13.8 Å². The van der Waals surface area contributed by atoms with Gasteiger partial charge in [0.2, 0.25) is 0 Å². The highest BCUT2D eigenvalue weighted by Crippen LogP contribution is 2.46. The maximum Gasteiger partial charge on any atom is 0.186 e. The zero-order valence-electron chi connectivity index (χ0n) is 16.2. The molecule has 1 aliphatic heterocycles. The van der Waals surface area contributed by atoms with Gasteiger partial charge in [0.1, 0.15) is 24.4 Å². The molecule has 0 aromatic carbocycles. The first-order valence-electron chi connectivity index (χ1n) is 9.23. The Morgan fingerprint density at radius 1 is 1.19 bits per heavy atom. The molecule has 8 nitrogen and oxygen atoms in total. The molecular weight excluding hydrogens is 356 g/mol. The van der Waals surface area contributed by atoms with E-state index in [-0.39, 0.29) is 6.42 Å². The fourth-order valence-corrected chi connectivity index (χ4v) is 4.04. The maximum atomic E-state index is 10.9. The van der Waals surface area contributed by atoms with Gasteiger partial charge in [0.25, 0.3) is 0 Å². The molecule has 2 aliphatic rings. The topological polar surface area (TPSA) is 140 Å². The molecule has 27 heavy (non-hydrogen) atoms. The molecule has 2 fully saturated rings. The van der Waals surface area contributed by atoms with Gasteiger partial charge in [-0.05, 0) is 31.8 Å². The molecule has 1 saturated carbocycles. The van der Waals surface area contributed by atoms with E-state index in [4.69, 9.17) is 9.47 Å². The molecule has 2 rings (SSSR count). The van der Waals surface area contributed by atoms with Crippen LogP contribution < -0.4 is 0 Å². The minimum atomic E-state index is -1.51. The molecule has 1 aliphatic carbocycles. The Morgan fingerprint density at radius 2 is 1.81 bits per heavy atom. The average Bonchev–Trinajstić information content (AvgIpc) is 2.52. The van der Waals surface area contributed by atoms with E-state index >= 15 is 0 Å². The SMILES string of the molecule is CC(O)C=C=C1C(C)(C)CC(O[C@@H]2O[C@H](CO)[C@@H](O)[C@H](O)[C@H]2O)CC1(C)O. The average molecular weight is 388 g/mol. The second kappa shape index (κ2) is 8.29. The number of aliphatic hydroxyl groups excluding tert-OH is 5. The van der Waals surface area contributed by atoms with Gasteiger partial charge in [-0.15, -0.1) is 5.73 Å². The fourth-order valence-electron chi connectivity index (χ4n) is 4.04. The maximum absolute atomic E-state index is 10.9. The Kier molecular flexibility index (Phi) is 6.90. The number of aliphatic hydroxyl groups is 6. The van der Waals surface area contributed by atoms with Crippen LogP contribution in [0, 0.1) is 5.41 Å². The molecule has 0 aromatic heterocycles. The van der Waals surface area contributed by atoms with Crippen LogP contribution in [0.1, 0.15) is 40.5 Å². The lowest BCUT2D eigenvalue weighted by Crippen LogP contribution is -2.60. The predicted molar refractivity (Wildman–Crippen MR) is 95.6 cm³/mol. The van der Waals surface area contributed by atoms with Crippen molar-refractivity contribution in [1.82, 2.24) is 0 Å². The van der Waals surface area contributed by atoms with Crippen LogP contribution in [-0.4, -0.2) is 85.8 Å². The van der Waals surface area contributed by atoms with E-state index in [1.165, 1.54) is 6.08 Å². The first-order valence-corrected chi connectivity index (χ1v) is 9.23. The van der Waals surface area contributed by atoms with Gasteiger partial charge in [0.05, 0.1) is 24.4 Å². The molecule has 0 radical (unpaired) electrons. The zero-order valence-corrected chi connectivity index (χ0v) is 16.2. The minimum Gasteiger partial charge on any atom is -0.394 e. The summed E-state index contributed by atoms with van der Waals surface area (Å²) in [6.45, 7) is 6.54. The van der Waals surface area contributed by atoms with Crippen molar-refractivity contribution >= 4 is 0 Å². The number of hydrogen-bond acceptors (Lipinski definition) is 8. The normalized spacial score (nSPS) is 43.1. The Balaban J connectivity index is 2.19. The molecular formula is C19H32O8. The van der Waals surface area contributed by atoms with Crippen molar-refractivity contribution in [2.24, 2.45) is 5.41 Å². The second-order valence-corrected chi connectivity index (χ2v) is 8.45. The third-order valence-corrected chi connectivity index (χ3v) is 5.22. The third kappa shape index (κ3) is 4.98. The van der Waals surface area contributed by atoms with Gasteiger partial charge < -0.3 is 40.1 Å². The van der Waals surface area contributed by atoms with Crippen molar-refractivity contribution in [2.75, 3.05) is 6.61 Å². The summed E-state index contributed by atoms with van der Waals surface area (Å²) in [4.78, 5) is 0. The molecule has 3 unspecified atom stereocenters. The standard InChI is InChI=1S/C19H32O8/c1-10(21)5-6-13-18(2,3)7-11(8-19(13,4)25)26-17-16(24)15(23)14(22)12(9-20)27-17/h5,10-12,14-17,20-25H,7-9H2,1-4H3/t6?,10?,11?,12-,14-,15+,16-,17-,19?/m1/s1. The van der Waals surface area contributed by atoms with Gasteiger partial charge in [-0.1, -0.05) is 13.8 Å². The monoisotopic (exact) mass is 388 g/mol. The lowest BCUT2D eigenvalue weighted by atomic mass is 9.65. The summed E-state index contributed by atoms with van der Waals surface area (Å²) in [5, 5.41) is 59.6. The van der Waals surface area contributed by atoms with Crippen molar-refractivity contribution < 1.29 is 40.1 Å². The molecule has 1 saturated heterocycles. The van der Waals surface area contributed by atoms with Crippen LogP contribution in [0.25, 0.3) is 0 Å². The van der Waals surface area contributed by atoms with Crippen molar-refractivity contribution in [1.29, 1.82) is 0 Å². The summed E-state index contributed by atoms with van der Waals surface area (Å²) in [5.41, 5.74) is 1.89. The van der Waals surface area contributed by atoms with Crippen molar-refractivity contribution in [3.8, 4) is 0 Å². The van der Waals surface area contributed by atoms with E-state index in [0.29, 0.717) is 12.0 Å². The Bertz CT molecular complexity index is 556. The number of rotatable bonds is 4. The van der Waals surface area contributed by atoms with E-state index in [0.717, 1.165) is 0 Å². The van der Waals surface area contributed by atoms with Gasteiger partial charge >= 0.3 is 0 Å². The molecule has 0 bridgehead atoms. The van der Waals surface area contributed by atoms with Crippen LogP contribution in [0.2, 0.25) is 0 Å². The van der Waals surface area contributed by atoms with Crippen LogP contribution in [0.4, 0.5) is 0 Å². The smallest absolute Gasteiger partial charge is 0.186 e. The highest BCUT2D eigenvalue weighted by Gasteiger charge is 2.49. The fraction of sp³-hybridized carbons (Fsp3) is 0.842. The van der Waals surface area contributed by atoms with Gasteiger partial charge in [-0.3, -0.25) is 0 Å². The largest absolute Gasteiger partial charge is 0.394 e. The molecule has 1 heterocycles. The predicted octanol–water partition coefficient (Wildman–Crippen LogP) is -0.795. The molecule has 156 valence electrons. The second-order valence-electron chi connectivity index (χ2n) is 8.45. The number of ether oxygens (including phenoxy) is 2. The van der Waals surface area contributed by atoms with Crippen LogP contribution in [0.5, 0.6) is 0 Å². The summed E-state index contributed by atoms with van der Waals surface area (Å²) in [6.07, 6.45) is -5.76. The van der Waals surface area contributed by atoms with E-state index in [1.807, 2.05) is 13.8 Å². The highest BCUT2D eigenvalue weighted by molar-refractivity contribution is 5.26. The lowest BCUT2D eigenvalue weighted by Gasteiger charge is -2.47. The van der Waals surface area contributed by atoms with Crippen LogP contribution in [0.15, 0.2) is 17.4 Å². The molecule has 6 N–H and O–H groups in total. The minimum absolute atomic E-state index is 0.196. The van der Waals surface area contributed by atoms with Gasteiger partial charge in [0.15, 0.2) is 6.29 Å². The third-order valence-electron chi connectivity index (χ3n) is 5.22. The summed E-state index contributed by atoms with van der Waals surface area (Å²) in [5.74, 6) is 0. The van der Waals surface area contributed by atoms with Crippen molar-refractivity contribution in [3.05, 3.63) is 17.4 Å². The molecule has 0 amide bonds. The van der Waals surface area contributed by atoms with Gasteiger partial charge in [-0.25, -0.2) is 0 Å².